The van der Waals surface area contributed by atoms with Gasteiger partial charge in [-0.25, -0.2) is 0 Å². The van der Waals surface area contributed by atoms with Crippen LogP contribution in [0.2, 0.25) is 0 Å². The van der Waals surface area contributed by atoms with Gasteiger partial charge in [0.2, 0.25) is 5.91 Å². The zero-order valence-corrected chi connectivity index (χ0v) is 18.4. The smallest absolute Gasteiger partial charge is 0.253 e. The summed E-state index contributed by atoms with van der Waals surface area (Å²) in [5.41, 5.74) is 1.93. The highest BCUT2D eigenvalue weighted by atomic mass is 32.2. The number of nitrogens with one attached hydrogen (secondary N) is 2. The number of thioether (sulfide) groups is 1. The lowest BCUT2D eigenvalue weighted by molar-refractivity contribution is -0.113. The van der Waals surface area contributed by atoms with Crippen molar-refractivity contribution < 1.29 is 9.59 Å². The molecule has 1 aliphatic rings. The van der Waals surface area contributed by atoms with E-state index in [1.807, 2.05) is 48.9 Å². The monoisotopic (exact) mass is 435 g/mol. The van der Waals surface area contributed by atoms with Gasteiger partial charge in [0.1, 0.15) is 5.82 Å². The number of hydrogen-bond acceptors (Lipinski definition) is 5. The number of carbonyl (C=O) groups excluding carboxylic acids is 2. The molecule has 1 fully saturated rings. The minimum atomic E-state index is -0.234. The molecule has 0 spiro atoms. The highest BCUT2D eigenvalue weighted by Gasteiger charge is 2.29. The molecule has 1 saturated carbocycles. The van der Waals surface area contributed by atoms with Crippen LogP contribution < -0.4 is 10.6 Å². The SMILES string of the molecule is CC(NC(=O)c1ccccc1NC(=O)CSc1nnc(C2CC2)n1C)c1ccccc1. The Morgan fingerprint density at radius 2 is 1.81 bits per heavy atom. The van der Waals surface area contributed by atoms with Gasteiger partial charge in [-0.2, -0.15) is 0 Å². The number of hydrogen-bond donors (Lipinski definition) is 2. The summed E-state index contributed by atoms with van der Waals surface area (Å²) in [6.45, 7) is 1.93. The second-order valence-electron chi connectivity index (χ2n) is 7.66. The Morgan fingerprint density at radius 1 is 1.10 bits per heavy atom. The zero-order valence-electron chi connectivity index (χ0n) is 17.5. The van der Waals surface area contributed by atoms with E-state index in [0.29, 0.717) is 17.2 Å². The normalized spacial score (nSPS) is 14.1. The Balaban J connectivity index is 1.37. The van der Waals surface area contributed by atoms with E-state index in [0.717, 1.165) is 29.4 Å². The van der Waals surface area contributed by atoms with Crippen molar-refractivity contribution in [2.75, 3.05) is 11.1 Å². The van der Waals surface area contributed by atoms with Crippen LogP contribution in [-0.2, 0) is 11.8 Å². The highest BCUT2D eigenvalue weighted by Crippen LogP contribution is 2.39. The van der Waals surface area contributed by atoms with Crippen molar-refractivity contribution >= 4 is 29.3 Å². The van der Waals surface area contributed by atoms with E-state index >= 15 is 0 Å². The number of carbonyl (C=O) groups is 2. The van der Waals surface area contributed by atoms with E-state index in [1.54, 1.807) is 24.3 Å². The van der Waals surface area contributed by atoms with Crippen molar-refractivity contribution in [1.29, 1.82) is 0 Å². The summed E-state index contributed by atoms with van der Waals surface area (Å²) in [5, 5.41) is 15.0. The van der Waals surface area contributed by atoms with Crippen molar-refractivity contribution in [1.82, 2.24) is 20.1 Å². The Bertz CT molecular complexity index is 1080. The average Bonchev–Trinajstić information content (AvgIpc) is 3.56. The Hall–Kier alpha value is -3.13. The van der Waals surface area contributed by atoms with Gasteiger partial charge in [-0.3, -0.25) is 9.59 Å². The first-order valence-electron chi connectivity index (χ1n) is 10.3. The van der Waals surface area contributed by atoms with E-state index in [2.05, 4.69) is 20.8 Å². The maximum absolute atomic E-state index is 12.8. The Labute approximate surface area is 185 Å². The van der Waals surface area contributed by atoms with Gasteiger partial charge in [-0.05, 0) is 37.5 Å². The van der Waals surface area contributed by atoms with Crippen molar-refractivity contribution in [3.05, 3.63) is 71.5 Å². The number of nitrogens with zero attached hydrogens (tertiary/aromatic N) is 3. The summed E-state index contributed by atoms with van der Waals surface area (Å²) in [7, 11) is 1.93. The van der Waals surface area contributed by atoms with Gasteiger partial charge in [0.05, 0.1) is 23.0 Å². The van der Waals surface area contributed by atoms with E-state index in [1.165, 1.54) is 11.8 Å². The van der Waals surface area contributed by atoms with Gasteiger partial charge < -0.3 is 15.2 Å². The van der Waals surface area contributed by atoms with Crippen LogP contribution in [0.4, 0.5) is 5.69 Å². The molecule has 2 N–H and O–H groups in total. The van der Waals surface area contributed by atoms with Gasteiger partial charge >= 0.3 is 0 Å². The molecule has 4 rings (SSSR count). The largest absolute Gasteiger partial charge is 0.345 e. The number of benzene rings is 2. The first-order valence-corrected chi connectivity index (χ1v) is 11.3. The molecule has 1 aromatic heterocycles. The summed E-state index contributed by atoms with van der Waals surface area (Å²) in [5.74, 6) is 1.24. The van der Waals surface area contributed by atoms with E-state index in [-0.39, 0.29) is 23.6 Å². The fraction of sp³-hybridized carbons (Fsp3) is 0.304. The standard InChI is InChI=1S/C23H25N5O2S/c1-15(16-8-4-3-5-9-16)24-22(30)18-10-6-7-11-19(18)25-20(29)14-31-23-27-26-21(28(23)2)17-12-13-17/h3-11,15,17H,12-14H2,1-2H3,(H,24,30)(H,25,29). The molecule has 0 aliphatic heterocycles. The molecule has 2 amide bonds. The van der Waals surface area contributed by atoms with E-state index < -0.39 is 0 Å². The maximum Gasteiger partial charge on any atom is 0.253 e. The van der Waals surface area contributed by atoms with E-state index in [4.69, 9.17) is 0 Å². The highest BCUT2D eigenvalue weighted by molar-refractivity contribution is 7.99. The maximum atomic E-state index is 12.8. The third-order valence-corrected chi connectivity index (χ3v) is 6.26. The Kier molecular flexibility index (Phi) is 6.36. The third-order valence-electron chi connectivity index (χ3n) is 5.24. The predicted octanol–water partition coefficient (Wildman–Crippen LogP) is 3.91. The number of anilines is 1. The molecule has 8 heteroatoms. The van der Waals surface area contributed by atoms with Gasteiger partial charge in [0.25, 0.3) is 5.91 Å². The van der Waals surface area contributed by atoms with Gasteiger partial charge in [-0.15, -0.1) is 10.2 Å². The molecule has 2 aromatic carbocycles. The quantitative estimate of drug-likeness (QED) is 0.524. The molecule has 0 saturated heterocycles. The second-order valence-corrected chi connectivity index (χ2v) is 8.60. The van der Waals surface area contributed by atoms with Gasteiger partial charge in [0.15, 0.2) is 5.16 Å². The van der Waals surface area contributed by atoms with Crippen LogP contribution in [0, 0.1) is 0 Å². The average molecular weight is 436 g/mol. The fourth-order valence-corrected chi connectivity index (χ4v) is 4.07. The van der Waals surface area contributed by atoms with Crippen LogP contribution in [0.5, 0.6) is 0 Å². The first kappa shape index (κ1) is 21.1. The number of amides is 2. The molecule has 31 heavy (non-hydrogen) atoms. The van der Waals surface area contributed by atoms with Crippen molar-refractivity contribution in [2.45, 2.75) is 36.9 Å². The summed E-state index contributed by atoms with van der Waals surface area (Å²) < 4.78 is 1.96. The van der Waals surface area contributed by atoms with Crippen molar-refractivity contribution in [3.63, 3.8) is 0 Å². The summed E-state index contributed by atoms with van der Waals surface area (Å²) in [4.78, 5) is 25.4. The molecular formula is C23H25N5O2S. The summed E-state index contributed by atoms with van der Waals surface area (Å²) in [6.07, 6.45) is 2.30. The van der Waals surface area contributed by atoms with Crippen LogP contribution in [0.1, 0.15) is 53.5 Å². The molecule has 7 nitrogen and oxygen atoms in total. The van der Waals surface area contributed by atoms with Crippen LogP contribution >= 0.6 is 11.8 Å². The lowest BCUT2D eigenvalue weighted by Gasteiger charge is -2.16. The third kappa shape index (κ3) is 5.14. The molecule has 3 aromatic rings. The Morgan fingerprint density at radius 3 is 2.55 bits per heavy atom. The molecular weight excluding hydrogens is 410 g/mol. The lowest BCUT2D eigenvalue weighted by atomic mass is 10.1. The van der Waals surface area contributed by atoms with Crippen molar-refractivity contribution in [3.8, 4) is 0 Å². The van der Waals surface area contributed by atoms with Crippen molar-refractivity contribution in [2.24, 2.45) is 7.05 Å². The predicted molar refractivity (Wildman–Crippen MR) is 121 cm³/mol. The van der Waals surface area contributed by atoms with Crippen LogP contribution in [0.25, 0.3) is 0 Å². The topological polar surface area (TPSA) is 88.9 Å². The van der Waals surface area contributed by atoms with Crippen LogP contribution in [0.3, 0.4) is 0 Å². The second kappa shape index (κ2) is 9.34. The fourth-order valence-electron chi connectivity index (χ4n) is 3.35. The summed E-state index contributed by atoms with van der Waals surface area (Å²) in [6, 6.07) is 16.6. The molecule has 1 unspecified atom stereocenters. The number of para-hydroxylation sites is 1. The first-order chi connectivity index (χ1) is 15.0. The van der Waals surface area contributed by atoms with Crippen LogP contribution in [-0.4, -0.2) is 32.3 Å². The molecule has 0 radical (unpaired) electrons. The minimum Gasteiger partial charge on any atom is -0.345 e. The number of aromatic nitrogens is 3. The molecule has 160 valence electrons. The molecule has 0 bridgehead atoms. The number of rotatable bonds is 8. The van der Waals surface area contributed by atoms with Gasteiger partial charge in [0, 0.05) is 13.0 Å². The van der Waals surface area contributed by atoms with Crippen LogP contribution in [0.15, 0.2) is 59.8 Å². The molecule has 1 heterocycles. The molecule has 1 atom stereocenters. The molecule has 1 aliphatic carbocycles. The minimum absolute atomic E-state index is 0.149. The zero-order chi connectivity index (χ0) is 21.8. The van der Waals surface area contributed by atoms with Gasteiger partial charge in [-0.1, -0.05) is 54.2 Å². The lowest BCUT2D eigenvalue weighted by Crippen LogP contribution is -2.28. The summed E-state index contributed by atoms with van der Waals surface area (Å²) >= 11 is 1.34. The van der Waals surface area contributed by atoms with E-state index in [9.17, 15) is 9.59 Å².